The summed E-state index contributed by atoms with van der Waals surface area (Å²) in [5.74, 6) is 0.318. The van der Waals surface area contributed by atoms with Gasteiger partial charge < -0.3 is 5.32 Å². The van der Waals surface area contributed by atoms with Crippen LogP contribution in [0, 0.1) is 11.6 Å². The lowest BCUT2D eigenvalue weighted by atomic mass is 10.1. The van der Waals surface area contributed by atoms with E-state index in [1.54, 1.807) is 0 Å². The molecule has 0 atom stereocenters. The van der Waals surface area contributed by atoms with Crippen LogP contribution in [-0.2, 0) is 19.3 Å². The molecule has 1 N–H and O–H groups in total. The minimum Gasteiger partial charge on any atom is -0.370 e. The maximum absolute atomic E-state index is 13.7. The summed E-state index contributed by atoms with van der Waals surface area (Å²) >= 11 is 0. The molecule has 0 radical (unpaired) electrons. The molecule has 0 unspecified atom stereocenters. The molecule has 1 heterocycles. The number of aryl methyl sites for hydroxylation is 1. The molecule has 1 aliphatic rings. The molecule has 3 rings (SSSR count). The van der Waals surface area contributed by atoms with Crippen LogP contribution in [0.25, 0.3) is 0 Å². The van der Waals surface area contributed by atoms with Gasteiger partial charge in [0.05, 0.1) is 0 Å². The highest BCUT2D eigenvalue weighted by molar-refractivity contribution is 5.49. The molecule has 1 aromatic carbocycles. The minimum atomic E-state index is -0.570. The quantitative estimate of drug-likeness (QED) is 0.938. The van der Waals surface area contributed by atoms with Crippen molar-refractivity contribution in [1.29, 1.82) is 0 Å². The van der Waals surface area contributed by atoms with Crippen molar-refractivity contribution in [3.05, 3.63) is 52.5 Å². The first kappa shape index (κ1) is 13.9. The highest BCUT2D eigenvalue weighted by Crippen LogP contribution is 2.27. The number of benzene rings is 1. The van der Waals surface area contributed by atoms with Gasteiger partial charge in [-0.05, 0) is 37.8 Å². The summed E-state index contributed by atoms with van der Waals surface area (Å²) in [5.41, 5.74) is 2.65. The third-order valence-electron chi connectivity index (χ3n) is 3.69. The van der Waals surface area contributed by atoms with Crippen LogP contribution in [0.15, 0.2) is 18.2 Å². The maximum Gasteiger partial charge on any atom is 0.135 e. The zero-order valence-corrected chi connectivity index (χ0v) is 11.9. The van der Waals surface area contributed by atoms with Crippen molar-refractivity contribution in [1.82, 2.24) is 9.97 Å². The smallest absolute Gasteiger partial charge is 0.135 e. The van der Waals surface area contributed by atoms with Gasteiger partial charge in [-0.2, -0.15) is 0 Å². The Morgan fingerprint density at radius 3 is 2.81 bits per heavy atom. The second kappa shape index (κ2) is 5.76. The largest absolute Gasteiger partial charge is 0.370 e. The fraction of sp³-hybridized carbons (Fsp3) is 0.375. The molecule has 1 aliphatic carbocycles. The SMILES string of the molecule is CCNc1nc(Cc2ccc(F)cc2F)nc2c1CCC2. The summed E-state index contributed by atoms with van der Waals surface area (Å²) in [4.78, 5) is 9.05. The van der Waals surface area contributed by atoms with Crippen LogP contribution in [0.5, 0.6) is 0 Å². The molecule has 110 valence electrons. The summed E-state index contributed by atoms with van der Waals surface area (Å²) < 4.78 is 26.7. The van der Waals surface area contributed by atoms with Gasteiger partial charge in [-0.1, -0.05) is 6.07 Å². The lowest BCUT2D eigenvalue weighted by molar-refractivity contribution is 0.573. The van der Waals surface area contributed by atoms with E-state index in [0.29, 0.717) is 11.4 Å². The lowest BCUT2D eigenvalue weighted by Crippen LogP contribution is -2.09. The number of hydrogen-bond acceptors (Lipinski definition) is 3. The number of anilines is 1. The molecule has 21 heavy (non-hydrogen) atoms. The second-order valence-corrected chi connectivity index (χ2v) is 5.21. The van der Waals surface area contributed by atoms with Crippen LogP contribution in [0.2, 0.25) is 0 Å². The van der Waals surface area contributed by atoms with E-state index >= 15 is 0 Å². The maximum atomic E-state index is 13.7. The van der Waals surface area contributed by atoms with Gasteiger partial charge in [0.25, 0.3) is 0 Å². The molecule has 1 aromatic heterocycles. The number of aromatic nitrogens is 2. The first-order chi connectivity index (χ1) is 10.2. The zero-order chi connectivity index (χ0) is 14.8. The van der Waals surface area contributed by atoms with Crippen LogP contribution >= 0.6 is 0 Å². The monoisotopic (exact) mass is 289 g/mol. The number of rotatable bonds is 4. The van der Waals surface area contributed by atoms with Gasteiger partial charge in [-0.15, -0.1) is 0 Å². The Morgan fingerprint density at radius 2 is 2.05 bits per heavy atom. The van der Waals surface area contributed by atoms with E-state index in [1.807, 2.05) is 6.92 Å². The number of halogens is 2. The highest BCUT2D eigenvalue weighted by atomic mass is 19.1. The number of nitrogens with one attached hydrogen (secondary N) is 1. The molecule has 5 heteroatoms. The molecule has 0 bridgehead atoms. The lowest BCUT2D eigenvalue weighted by Gasteiger charge is -2.11. The van der Waals surface area contributed by atoms with Gasteiger partial charge in [-0.25, -0.2) is 18.7 Å². The Balaban J connectivity index is 1.93. The topological polar surface area (TPSA) is 37.8 Å². The molecule has 0 aliphatic heterocycles. The summed E-state index contributed by atoms with van der Waals surface area (Å²) in [6.45, 7) is 2.80. The Morgan fingerprint density at radius 1 is 1.19 bits per heavy atom. The second-order valence-electron chi connectivity index (χ2n) is 5.21. The van der Waals surface area contributed by atoms with E-state index in [2.05, 4.69) is 15.3 Å². The van der Waals surface area contributed by atoms with E-state index in [0.717, 1.165) is 43.4 Å². The zero-order valence-electron chi connectivity index (χ0n) is 11.9. The van der Waals surface area contributed by atoms with Crippen molar-refractivity contribution in [2.45, 2.75) is 32.6 Å². The first-order valence-corrected chi connectivity index (χ1v) is 7.24. The predicted molar refractivity (Wildman–Crippen MR) is 77.4 cm³/mol. The Hall–Kier alpha value is -2.04. The normalized spacial score (nSPS) is 13.3. The average molecular weight is 289 g/mol. The van der Waals surface area contributed by atoms with Gasteiger partial charge >= 0.3 is 0 Å². The molecule has 0 saturated carbocycles. The average Bonchev–Trinajstić information content (AvgIpc) is 2.91. The Labute approximate surface area is 122 Å². The van der Waals surface area contributed by atoms with E-state index in [4.69, 9.17) is 0 Å². The van der Waals surface area contributed by atoms with Gasteiger partial charge in [-0.3, -0.25) is 0 Å². The molecule has 0 spiro atoms. The van der Waals surface area contributed by atoms with Gasteiger partial charge in [0.15, 0.2) is 0 Å². The fourth-order valence-electron chi connectivity index (χ4n) is 2.71. The number of hydrogen-bond donors (Lipinski definition) is 1. The van der Waals surface area contributed by atoms with Crippen molar-refractivity contribution < 1.29 is 8.78 Å². The third kappa shape index (κ3) is 2.86. The van der Waals surface area contributed by atoms with Crippen LogP contribution in [0.3, 0.4) is 0 Å². The minimum absolute atomic E-state index is 0.276. The van der Waals surface area contributed by atoms with E-state index in [9.17, 15) is 8.78 Å². The van der Waals surface area contributed by atoms with Crippen LogP contribution < -0.4 is 5.32 Å². The molecule has 0 saturated heterocycles. The van der Waals surface area contributed by atoms with Crippen molar-refractivity contribution in [2.24, 2.45) is 0 Å². The molecular formula is C16H17F2N3. The van der Waals surface area contributed by atoms with E-state index in [1.165, 1.54) is 17.7 Å². The predicted octanol–water partition coefficient (Wildman–Crippen LogP) is 3.27. The third-order valence-corrected chi connectivity index (χ3v) is 3.69. The van der Waals surface area contributed by atoms with Crippen molar-refractivity contribution >= 4 is 5.82 Å². The number of fused-ring (bicyclic) bond motifs is 1. The summed E-state index contributed by atoms with van der Waals surface area (Å²) in [5, 5.41) is 3.25. The highest BCUT2D eigenvalue weighted by Gasteiger charge is 2.19. The van der Waals surface area contributed by atoms with E-state index < -0.39 is 11.6 Å². The molecule has 0 fully saturated rings. The van der Waals surface area contributed by atoms with Crippen molar-refractivity contribution in [2.75, 3.05) is 11.9 Å². The van der Waals surface area contributed by atoms with Crippen LogP contribution in [0.1, 0.15) is 36.0 Å². The summed E-state index contributed by atoms with van der Waals surface area (Å²) in [6, 6.07) is 3.61. The van der Waals surface area contributed by atoms with Crippen LogP contribution in [0.4, 0.5) is 14.6 Å². The van der Waals surface area contributed by atoms with Crippen molar-refractivity contribution in [3.63, 3.8) is 0 Å². The standard InChI is InChI=1S/C16H17F2N3/c1-2-19-16-12-4-3-5-14(12)20-15(21-16)8-10-6-7-11(17)9-13(10)18/h6-7,9H,2-5,8H2,1H3,(H,19,20,21). The molecule has 0 amide bonds. The van der Waals surface area contributed by atoms with Crippen LogP contribution in [-0.4, -0.2) is 16.5 Å². The van der Waals surface area contributed by atoms with Gasteiger partial charge in [0.1, 0.15) is 23.3 Å². The first-order valence-electron chi connectivity index (χ1n) is 7.24. The fourth-order valence-corrected chi connectivity index (χ4v) is 2.71. The Bertz CT molecular complexity index is 671. The summed E-state index contributed by atoms with van der Waals surface area (Å²) in [7, 11) is 0. The van der Waals surface area contributed by atoms with E-state index in [-0.39, 0.29) is 6.42 Å². The molecule has 2 aromatic rings. The Kier molecular flexibility index (Phi) is 3.82. The van der Waals surface area contributed by atoms with Gasteiger partial charge in [0.2, 0.25) is 0 Å². The number of nitrogens with zero attached hydrogens (tertiary/aromatic N) is 2. The molecule has 3 nitrogen and oxygen atoms in total. The molecular weight excluding hydrogens is 272 g/mol. The van der Waals surface area contributed by atoms with Crippen molar-refractivity contribution in [3.8, 4) is 0 Å². The van der Waals surface area contributed by atoms with Gasteiger partial charge in [0, 0.05) is 30.3 Å². The summed E-state index contributed by atoms with van der Waals surface area (Å²) in [6.07, 6.45) is 3.28.